The van der Waals surface area contributed by atoms with Gasteiger partial charge in [-0.25, -0.2) is 9.97 Å². The fourth-order valence-electron chi connectivity index (χ4n) is 2.33. The van der Waals surface area contributed by atoms with Crippen molar-refractivity contribution in [2.24, 2.45) is 0 Å². The molecule has 0 aliphatic heterocycles. The zero-order valence-electron chi connectivity index (χ0n) is 14.5. The summed E-state index contributed by atoms with van der Waals surface area (Å²) in [6, 6.07) is 16.3. The Morgan fingerprint density at radius 3 is 2.52 bits per heavy atom. The predicted octanol–water partition coefficient (Wildman–Crippen LogP) is 3.04. The average molecular weight is 360 g/mol. The summed E-state index contributed by atoms with van der Waals surface area (Å²) in [5, 5.41) is 11.6. The molecule has 0 radical (unpaired) electrons. The monoisotopic (exact) mass is 360 g/mol. The number of nitriles is 1. The van der Waals surface area contributed by atoms with Gasteiger partial charge in [-0.3, -0.25) is 4.79 Å². The number of hydrogen-bond donors (Lipinski definition) is 1. The molecule has 2 aromatic carbocycles. The topological polar surface area (TPSA) is 97.1 Å². The average Bonchev–Trinajstić information content (AvgIpc) is 2.73. The highest BCUT2D eigenvalue weighted by Gasteiger charge is 2.10. The summed E-state index contributed by atoms with van der Waals surface area (Å²) < 4.78 is 10.6. The number of rotatable bonds is 6. The molecule has 27 heavy (non-hydrogen) atoms. The zero-order chi connectivity index (χ0) is 19.1. The van der Waals surface area contributed by atoms with E-state index in [9.17, 15) is 4.79 Å². The van der Waals surface area contributed by atoms with Gasteiger partial charge in [0.25, 0.3) is 5.91 Å². The maximum atomic E-state index is 12.1. The highest BCUT2D eigenvalue weighted by Crippen LogP contribution is 2.27. The van der Waals surface area contributed by atoms with Gasteiger partial charge in [0.2, 0.25) is 0 Å². The lowest BCUT2D eigenvalue weighted by Crippen LogP contribution is -2.20. The number of nitrogens with zero attached hydrogens (tertiary/aromatic N) is 3. The highest BCUT2D eigenvalue weighted by molar-refractivity contribution is 5.91. The first-order valence-electron chi connectivity index (χ1n) is 8.08. The van der Waals surface area contributed by atoms with Crippen LogP contribution in [-0.4, -0.2) is 29.6 Å². The summed E-state index contributed by atoms with van der Waals surface area (Å²) in [7, 11) is 1.47. The number of carbonyl (C=O) groups is 1. The number of aromatic nitrogens is 2. The van der Waals surface area contributed by atoms with Gasteiger partial charge in [-0.05, 0) is 12.1 Å². The molecular formula is C20H16N4O3. The van der Waals surface area contributed by atoms with Gasteiger partial charge in [-0.2, -0.15) is 5.26 Å². The summed E-state index contributed by atoms with van der Waals surface area (Å²) >= 11 is 0. The van der Waals surface area contributed by atoms with Crippen LogP contribution in [0.2, 0.25) is 0 Å². The molecule has 0 unspecified atom stereocenters. The van der Waals surface area contributed by atoms with Crippen LogP contribution in [-0.2, 0) is 4.79 Å². The number of amides is 1. The molecule has 0 aliphatic rings. The van der Waals surface area contributed by atoms with Crippen LogP contribution in [0.25, 0.3) is 11.4 Å². The number of nitrogens with one attached hydrogen (secondary N) is 1. The number of methoxy groups -OCH3 is 1. The van der Waals surface area contributed by atoms with Crippen LogP contribution < -0.4 is 14.8 Å². The van der Waals surface area contributed by atoms with E-state index in [1.807, 2.05) is 36.4 Å². The van der Waals surface area contributed by atoms with Crippen LogP contribution in [0, 0.1) is 11.3 Å². The first-order chi connectivity index (χ1) is 13.2. The van der Waals surface area contributed by atoms with Crippen molar-refractivity contribution in [1.29, 1.82) is 5.26 Å². The Balaban J connectivity index is 1.59. The van der Waals surface area contributed by atoms with Crippen molar-refractivity contribution in [1.82, 2.24) is 9.97 Å². The largest absolute Gasteiger partial charge is 0.493 e. The van der Waals surface area contributed by atoms with Crippen molar-refractivity contribution in [3.63, 3.8) is 0 Å². The van der Waals surface area contributed by atoms with Crippen molar-refractivity contribution in [3.8, 4) is 29.0 Å². The maximum absolute atomic E-state index is 12.1. The van der Waals surface area contributed by atoms with Gasteiger partial charge in [0.1, 0.15) is 0 Å². The van der Waals surface area contributed by atoms with Gasteiger partial charge in [0, 0.05) is 11.6 Å². The van der Waals surface area contributed by atoms with Crippen LogP contribution in [0.4, 0.5) is 5.69 Å². The molecular weight excluding hydrogens is 344 g/mol. The molecule has 3 rings (SSSR count). The third kappa shape index (κ3) is 4.58. The summed E-state index contributed by atoms with van der Waals surface area (Å²) in [4.78, 5) is 20.6. The smallest absolute Gasteiger partial charge is 0.262 e. The Morgan fingerprint density at radius 2 is 1.85 bits per heavy atom. The van der Waals surface area contributed by atoms with Crippen molar-refractivity contribution < 1.29 is 14.3 Å². The predicted molar refractivity (Wildman–Crippen MR) is 99.3 cm³/mol. The van der Waals surface area contributed by atoms with Crippen LogP contribution in [0.15, 0.2) is 60.9 Å². The second-order valence-electron chi connectivity index (χ2n) is 5.48. The molecule has 0 bridgehead atoms. The first-order valence-corrected chi connectivity index (χ1v) is 8.08. The molecule has 0 fully saturated rings. The van der Waals surface area contributed by atoms with E-state index in [1.165, 1.54) is 19.5 Å². The number of ether oxygens (including phenoxy) is 2. The number of carbonyl (C=O) groups excluding carboxylic acids is 1. The molecule has 0 saturated heterocycles. The first kappa shape index (κ1) is 17.9. The quantitative estimate of drug-likeness (QED) is 0.726. The normalized spacial score (nSPS) is 9.93. The number of anilines is 1. The summed E-state index contributed by atoms with van der Waals surface area (Å²) in [6.45, 7) is -0.220. The number of benzene rings is 2. The van der Waals surface area contributed by atoms with Gasteiger partial charge < -0.3 is 14.8 Å². The molecule has 1 amide bonds. The standard InChI is InChI=1S/C20H16N4O3/c1-26-18-9-14(10-21)7-8-17(18)27-13-19(25)24-16-11-22-20(23-12-16)15-5-3-2-4-6-15/h2-9,11-12H,13H2,1H3,(H,24,25). The van der Waals surface area contributed by atoms with Gasteiger partial charge in [0.15, 0.2) is 23.9 Å². The van der Waals surface area contributed by atoms with Crippen LogP contribution in [0.5, 0.6) is 11.5 Å². The Labute approximate surface area is 156 Å². The van der Waals surface area contributed by atoms with E-state index in [-0.39, 0.29) is 12.5 Å². The van der Waals surface area contributed by atoms with Gasteiger partial charge in [-0.15, -0.1) is 0 Å². The lowest BCUT2D eigenvalue weighted by atomic mass is 10.2. The van der Waals surface area contributed by atoms with Gasteiger partial charge in [0.05, 0.1) is 36.8 Å². The van der Waals surface area contributed by atoms with E-state index in [0.29, 0.717) is 28.6 Å². The molecule has 7 heteroatoms. The van der Waals surface area contributed by atoms with E-state index in [4.69, 9.17) is 14.7 Å². The fraction of sp³-hybridized carbons (Fsp3) is 0.100. The van der Waals surface area contributed by atoms with E-state index in [1.54, 1.807) is 18.2 Å². The summed E-state index contributed by atoms with van der Waals surface area (Å²) in [6.07, 6.45) is 3.07. The summed E-state index contributed by atoms with van der Waals surface area (Å²) in [5.41, 5.74) is 1.81. The molecule has 0 saturated carbocycles. The highest BCUT2D eigenvalue weighted by atomic mass is 16.5. The van der Waals surface area contributed by atoms with Gasteiger partial charge in [-0.1, -0.05) is 30.3 Å². The van der Waals surface area contributed by atoms with Crippen LogP contribution >= 0.6 is 0 Å². The Morgan fingerprint density at radius 1 is 1.11 bits per heavy atom. The van der Waals surface area contributed by atoms with E-state index in [0.717, 1.165) is 5.56 Å². The molecule has 1 heterocycles. The van der Waals surface area contributed by atoms with Crippen LogP contribution in [0.1, 0.15) is 5.56 Å². The molecule has 0 spiro atoms. The summed E-state index contributed by atoms with van der Waals surface area (Å²) in [5.74, 6) is 0.976. The lowest BCUT2D eigenvalue weighted by Gasteiger charge is -2.11. The minimum absolute atomic E-state index is 0.220. The van der Waals surface area contributed by atoms with Crippen molar-refractivity contribution in [2.75, 3.05) is 19.0 Å². The van der Waals surface area contributed by atoms with E-state index >= 15 is 0 Å². The van der Waals surface area contributed by atoms with E-state index < -0.39 is 0 Å². The molecule has 1 aromatic heterocycles. The second-order valence-corrected chi connectivity index (χ2v) is 5.48. The number of hydrogen-bond acceptors (Lipinski definition) is 6. The SMILES string of the molecule is COc1cc(C#N)ccc1OCC(=O)Nc1cnc(-c2ccccc2)nc1. The second kappa shape index (κ2) is 8.45. The minimum Gasteiger partial charge on any atom is -0.493 e. The minimum atomic E-state index is -0.363. The molecule has 1 N–H and O–H groups in total. The van der Waals surface area contributed by atoms with Crippen molar-refractivity contribution in [3.05, 3.63) is 66.5 Å². The third-order valence-corrected chi connectivity index (χ3v) is 3.62. The Bertz CT molecular complexity index is 967. The molecule has 7 nitrogen and oxygen atoms in total. The lowest BCUT2D eigenvalue weighted by molar-refractivity contribution is -0.118. The van der Waals surface area contributed by atoms with Crippen LogP contribution in [0.3, 0.4) is 0 Å². The van der Waals surface area contributed by atoms with E-state index in [2.05, 4.69) is 15.3 Å². The molecule has 3 aromatic rings. The molecule has 134 valence electrons. The zero-order valence-corrected chi connectivity index (χ0v) is 14.5. The third-order valence-electron chi connectivity index (χ3n) is 3.62. The van der Waals surface area contributed by atoms with Crippen molar-refractivity contribution >= 4 is 11.6 Å². The Hall–Kier alpha value is -3.92. The maximum Gasteiger partial charge on any atom is 0.262 e. The fourth-order valence-corrected chi connectivity index (χ4v) is 2.33. The Kier molecular flexibility index (Phi) is 5.60. The molecule has 0 atom stereocenters. The van der Waals surface area contributed by atoms with Gasteiger partial charge >= 0.3 is 0 Å². The molecule has 0 aliphatic carbocycles. The van der Waals surface area contributed by atoms with Crippen molar-refractivity contribution in [2.45, 2.75) is 0 Å².